The van der Waals surface area contributed by atoms with Crippen molar-refractivity contribution in [3.63, 3.8) is 0 Å². The molecular weight excluding hydrogens is 602 g/mol. The van der Waals surface area contributed by atoms with Crippen LogP contribution in [0.4, 0.5) is 32.0 Å². The van der Waals surface area contributed by atoms with Crippen LogP contribution in [0.15, 0.2) is 65.6 Å². The monoisotopic (exact) mass is 628 g/mol. The Morgan fingerprint density at radius 1 is 1.07 bits per heavy atom. The number of anilines is 1. The first kappa shape index (κ1) is 30.5. The van der Waals surface area contributed by atoms with Gasteiger partial charge in [-0.2, -0.15) is 22.0 Å². The number of nitrogens with one attached hydrogen (secondary N) is 1. The van der Waals surface area contributed by atoms with E-state index >= 15 is 0 Å². The van der Waals surface area contributed by atoms with Gasteiger partial charge in [0.15, 0.2) is 0 Å². The first-order valence-corrected chi connectivity index (χ1v) is 14.7. The predicted molar refractivity (Wildman–Crippen MR) is 144 cm³/mol. The summed E-state index contributed by atoms with van der Waals surface area (Å²) >= 11 is 0. The molecule has 1 fully saturated rings. The lowest BCUT2D eigenvalue weighted by Crippen LogP contribution is -2.48. The van der Waals surface area contributed by atoms with Gasteiger partial charge >= 0.3 is 12.8 Å². The average molecular weight is 629 g/mol. The molecule has 0 aromatic heterocycles. The first-order chi connectivity index (χ1) is 20.2. The third-order valence-corrected chi connectivity index (χ3v) is 9.08. The van der Waals surface area contributed by atoms with Crippen molar-refractivity contribution in [2.45, 2.75) is 56.0 Å². The maximum absolute atomic E-state index is 14.3. The molecule has 0 bridgehead atoms. The van der Waals surface area contributed by atoms with Crippen LogP contribution in [0.5, 0.6) is 11.5 Å². The van der Waals surface area contributed by atoms with Crippen molar-refractivity contribution >= 4 is 21.6 Å². The molecule has 1 saturated carbocycles. The molecule has 2 aliphatic rings. The van der Waals surface area contributed by atoms with Crippen molar-refractivity contribution in [1.29, 1.82) is 0 Å². The van der Waals surface area contributed by atoms with Gasteiger partial charge in [0.1, 0.15) is 23.4 Å². The smallest absolute Gasteiger partial charge is 0.416 e. The Balaban J connectivity index is 1.52. The molecule has 43 heavy (non-hydrogen) atoms. The molecule has 14 heteroatoms. The number of rotatable bonds is 8. The van der Waals surface area contributed by atoms with Gasteiger partial charge in [-0.25, -0.2) is 12.8 Å². The van der Waals surface area contributed by atoms with E-state index in [1.54, 1.807) is 0 Å². The second kappa shape index (κ2) is 11.6. The van der Waals surface area contributed by atoms with E-state index in [0.717, 1.165) is 40.7 Å². The van der Waals surface area contributed by atoms with Gasteiger partial charge < -0.3 is 14.8 Å². The third-order valence-electron chi connectivity index (χ3n) is 7.31. The molecule has 3 aromatic carbocycles. The maximum Gasteiger partial charge on any atom is 0.416 e. The van der Waals surface area contributed by atoms with Crippen LogP contribution in [0.3, 0.4) is 0 Å². The van der Waals surface area contributed by atoms with Gasteiger partial charge in [-0.05, 0) is 78.8 Å². The molecule has 230 valence electrons. The number of hydrogen-bond donors (Lipinski definition) is 1. The van der Waals surface area contributed by atoms with Gasteiger partial charge in [0, 0.05) is 19.0 Å². The Kier molecular flexibility index (Phi) is 8.25. The van der Waals surface area contributed by atoms with Crippen LogP contribution in [0, 0.1) is 11.7 Å². The average Bonchev–Trinajstić information content (AvgIpc) is 2.89. The molecular formula is C29H26F6N2O5S. The summed E-state index contributed by atoms with van der Waals surface area (Å²) in [6, 6.07) is 10.6. The van der Waals surface area contributed by atoms with E-state index in [4.69, 9.17) is 4.74 Å². The molecule has 3 aromatic rings. The molecule has 1 aliphatic heterocycles. The molecule has 0 saturated heterocycles. The highest BCUT2D eigenvalue weighted by atomic mass is 32.2. The number of carbonyl (C=O) groups excluding carboxylic acids is 1. The van der Waals surface area contributed by atoms with Crippen LogP contribution >= 0.6 is 0 Å². The molecule has 1 atom stereocenters. The van der Waals surface area contributed by atoms with Crippen molar-refractivity contribution in [2.24, 2.45) is 5.92 Å². The van der Waals surface area contributed by atoms with Crippen LogP contribution in [0.25, 0.3) is 11.1 Å². The maximum atomic E-state index is 14.3. The van der Waals surface area contributed by atoms with Crippen molar-refractivity contribution in [3.8, 4) is 22.6 Å². The number of halogens is 6. The third kappa shape index (κ3) is 6.84. The fourth-order valence-corrected chi connectivity index (χ4v) is 6.95. The highest BCUT2D eigenvalue weighted by Gasteiger charge is 2.39. The zero-order valence-corrected chi connectivity index (χ0v) is 23.4. The number of fused-ring (bicyclic) bond motifs is 1. The van der Waals surface area contributed by atoms with Gasteiger partial charge in [-0.15, -0.1) is 0 Å². The predicted octanol–water partition coefficient (Wildman–Crippen LogP) is 6.37. The minimum absolute atomic E-state index is 0.00362. The second-order valence-corrected chi connectivity index (χ2v) is 12.4. The van der Waals surface area contributed by atoms with Gasteiger partial charge in [-0.1, -0.05) is 12.1 Å². The molecule has 5 rings (SSSR count). The Bertz CT molecular complexity index is 1630. The zero-order valence-electron chi connectivity index (χ0n) is 22.6. The molecule has 1 amide bonds. The standard InChI is InChI=1S/C29H26F6N2O5S/c1-16(38)36-22-7-17(8-22)9-24-15-37(43(39,40)25-4-2-3-20(13-25)29(33,34)35)26-12-18(5-6-27(26)41-24)19-10-21(30)14-23(11-19)42-28(31)32/h2-6,10-14,17,22,24,28H,7-9,15H2,1H3,(H,36,38)/t17?,22?,24-/m0/s1. The van der Waals surface area contributed by atoms with E-state index < -0.39 is 50.9 Å². The van der Waals surface area contributed by atoms with Crippen LogP contribution in [-0.4, -0.2) is 39.6 Å². The van der Waals surface area contributed by atoms with Crippen LogP contribution in [0.2, 0.25) is 0 Å². The summed E-state index contributed by atoms with van der Waals surface area (Å²) in [6.45, 7) is -2.03. The molecule has 1 aliphatic carbocycles. The van der Waals surface area contributed by atoms with E-state index in [-0.39, 0.29) is 47.0 Å². The topological polar surface area (TPSA) is 84.9 Å². The Labute approximate surface area is 243 Å². The number of alkyl halides is 5. The number of benzene rings is 3. The van der Waals surface area contributed by atoms with Crippen LogP contribution in [-0.2, 0) is 21.0 Å². The largest absolute Gasteiger partial charge is 0.486 e. The molecule has 0 unspecified atom stereocenters. The zero-order chi connectivity index (χ0) is 31.1. The van der Waals surface area contributed by atoms with Crippen molar-refractivity contribution in [3.05, 3.63) is 72.0 Å². The quantitative estimate of drug-likeness (QED) is 0.293. The molecule has 7 nitrogen and oxygen atoms in total. The number of nitrogens with zero attached hydrogens (tertiary/aromatic N) is 1. The summed E-state index contributed by atoms with van der Waals surface area (Å²) in [5.74, 6) is -1.26. The van der Waals surface area contributed by atoms with Crippen molar-refractivity contribution in [1.82, 2.24) is 5.32 Å². The van der Waals surface area contributed by atoms with E-state index in [9.17, 15) is 39.6 Å². The van der Waals surface area contributed by atoms with Crippen molar-refractivity contribution in [2.75, 3.05) is 10.8 Å². The number of carbonyl (C=O) groups is 1. The number of ether oxygens (including phenoxy) is 2. The lowest BCUT2D eigenvalue weighted by Gasteiger charge is -2.41. The fourth-order valence-electron chi connectivity index (χ4n) is 5.41. The van der Waals surface area contributed by atoms with Crippen LogP contribution < -0.4 is 19.1 Å². The first-order valence-electron chi connectivity index (χ1n) is 13.2. The lowest BCUT2D eigenvalue weighted by atomic mass is 9.77. The Hall–Kier alpha value is -3.94. The second-order valence-electron chi connectivity index (χ2n) is 10.5. The van der Waals surface area contributed by atoms with Crippen LogP contribution in [0.1, 0.15) is 31.7 Å². The van der Waals surface area contributed by atoms with Gasteiger partial charge in [0.2, 0.25) is 5.91 Å². The summed E-state index contributed by atoms with van der Waals surface area (Å²) in [5, 5.41) is 2.82. The number of amides is 1. The summed E-state index contributed by atoms with van der Waals surface area (Å²) < 4.78 is 119. The van der Waals surface area contributed by atoms with Gasteiger partial charge in [0.05, 0.1) is 22.7 Å². The van der Waals surface area contributed by atoms with Gasteiger partial charge in [-0.3, -0.25) is 9.10 Å². The Morgan fingerprint density at radius 2 is 1.81 bits per heavy atom. The molecule has 1 heterocycles. The summed E-state index contributed by atoms with van der Waals surface area (Å²) in [4.78, 5) is 10.7. The van der Waals surface area contributed by atoms with E-state index in [1.165, 1.54) is 25.1 Å². The molecule has 0 radical (unpaired) electrons. The minimum Gasteiger partial charge on any atom is -0.486 e. The highest BCUT2D eigenvalue weighted by Crippen LogP contribution is 2.43. The fraction of sp³-hybridized carbons (Fsp3) is 0.345. The van der Waals surface area contributed by atoms with Gasteiger partial charge in [0.25, 0.3) is 10.0 Å². The summed E-state index contributed by atoms with van der Waals surface area (Å²) in [7, 11) is -4.58. The molecule has 1 N–H and O–H groups in total. The van der Waals surface area contributed by atoms with Crippen molar-refractivity contribution < 1.29 is 49.0 Å². The SMILES string of the molecule is CC(=O)NC1CC(C[C@H]2CN(S(=O)(=O)c3cccc(C(F)(F)F)c3)c3cc(-c4cc(F)cc(OC(F)F)c4)ccc3O2)C1. The Morgan fingerprint density at radius 3 is 2.49 bits per heavy atom. The minimum atomic E-state index is -4.78. The summed E-state index contributed by atoms with van der Waals surface area (Å²) in [5.41, 5.74) is -0.843. The lowest BCUT2D eigenvalue weighted by molar-refractivity contribution is -0.137. The van der Waals surface area contributed by atoms with E-state index in [1.807, 2.05) is 0 Å². The number of hydrogen-bond acceptors (Lipinski definition) is 5. The molecule has 0 spiro atoms. The highest BCUT2D eigenvalue weighted by molar-refractivity contribution is 7.92. The van der Waals surface area contributed by atoms with E-state index in [2.05, 4.69) is 10.1 Å². The summed E-state index contributed by atoms with van der Waals surface area (Å²) in [6.07, 6.45) is -3.71. The van der Waals surface area contributed by atoms with E-state index in [0.29, 0.717) is 25.3 Å². The normalized spacial score (nSPS) is 20.2. The number of sulfonamides is 1.